The largest absolute Gasteiger partial charge is 0.371 e. The summed E-state index contributed by atoms with van der Waals surface area (Å²) in [6.45, 7) is 5.44. The van der Waals surface area contributed by atoms with Crippen molar-refractivity contribution in [1.29, 1.82) is 0 Å². The molecule has 4 aliphatic rings. The Hall–Kier alpha value is -3.73. The number of aromatic amines is 1. The van der Waals surface area contributed by atoms with Gasteiger partial charge in [-0.15, -0.1) is 0 Å². The highest BCUT2D eigenvalue weighted by Crippen LogP contribution is 2.34. The van der Waals surface area contributed by atoms with Gasteiger partial charge in [-0.2, -0.15) is 5.10 Å². The number of H-pyrrole nitrogens is 1. The van der Waals surface area contributed by atoms with Crippen LogP contribution >= 0.6 is 0 Å². The lowest BCUT2D eigenvalue weighted by atomic mass is 9.94. The third-order valence-electron chi connectivity index (χ3n) is 7.67. The molecule has 3 N–H and O–H groups in total. The van der Waals surface area contributed by atoms with Crippen LogP contribution in [0.15, 0.2) is 24.3 Å². The number of hydrogen-bond acceptors (Lipinski definition) is 8. The maximum Gasteiger partial charge on any atom is 0.262 e. The number of amides is 4. The van der Waals surface area contributed by atoms with Crippen LogP contribution in [0, 0.1) is 0 Å². The Morgan fingerprint density at radius 3 is 2.50 bits per heavy atom. The van der Waals surface area contributed by atoms with Crippen LogP contribution in [0.2, 0.25) is 0 Å². The molecule has 6 rings (SSSR count). The average Bonchev–Trinajstić information content (AvgIpc) is 3.49. The van der Waals surface area contributed by atoms with E-state index < -0.39 is 23.8 Å². The minimum Gasteiger partial charge on any atom is -0.371 e. The number of carbonyl (C=O) groups excluding carboxylic acids is 4. The van der Waals surface area contributed by atoms with E-state index in [1.165, 1.54) is 0 Å². The van der Waals surface area contributed by atoms with Gasteiger partial charge in [0.25, 0.3) is 11.8 Å². The lowest BCUT2D eigenvalue weighted by Crippen LogP contribution is -2.54. The Morgan fingerprint density at radius 2 is 1.69 bits per heavy atom. The third kappa shape index (κ3) is 3.93. The van der Waals surface area contributed by atoms with Crippen LogP contribution in [0.3, 0.4) is 0 Å². The Labute approximate surface area is 208 Å². The van der Waals surface area contributed by atoms with Crippen molar-refractivity contribution >= 4 is 35.1 Å². The SMILES string of the molecule is O=C1CCC(N2C(=O)c3ccc(N4CCCC(c5cc(N6CCNCC6)n[nH]5)C4)cc3C2=O)C(=O)N1. The molecule has 2 atom stereocenters. The van der Waals surface area contributed by atoms with Gasteiger partial charge in [-0.25, -0.2) is 0 Å². The van der Waals surface area contributed by atoms with E-state index in [4.69, 9.17) is 0 Å². The zero-order chi connectivity index (χ0) is 24.8. The molecule has 11 nitrogen and oxygen atoms in total. The maximum atomic E-state index is 13.2. The summed E-state index contributed by atoms with van der Waals surface area (Å²) in [4.78, 5) is 55.6. The van der Waals surface area contributed by atoms with Gasteiger partial charge in [-0.3, -0.25) is 34.5 Å². The van der Waals surface area contributed by atoms with E-state index in [0.717, 1.165) is 74.2 Å². The van der Waals surface area contributed by atoms with Crippen LogP contribution in [0.5, 0.6) is 0 Å². The molecule has 11 heteroatoms. The molecule has 0 bridgehead atoms. The Bertz CT molecular complexity index is 1230. The number of rotatable bonds is 4. The number of piperidine rings is 2. The molecule has 4 amide bonds. The Morgan fingerprint density at radius 1 is 0.889 bits per heavy atom. The fraction of sp³-hybridized carbons (Fsp3) is 0.480. The van der Waals surface area contributed by atoms with Gasteiger partial charge in [0.05, 0.1) is 11.1 Å². The van der Waals surface area contributed by atoms with Crippen molar-refractivity contribution < 1.29 is 19.2 Å². The number of aromatic nitrogens is 2. The number of hydrogen-bond donors (Lipinski definition) is 3. The number of nitrogens with zero attached hydrogens (tertiary/aromatic N) is 4. The molecule has 2 aromatic rings. The van der Waals surface area contributed by atoms with Crippen molar-refractivity contribution in [2.75, 3.05) is 49.1 Å². The predicted molar refractivity (Wildman–Crippen MR) is 131 cm³/mol. The second kappa shape index (κ2) is 9.05. The highest BCUT2D eigenvalue weighted by molar-refractivity contribution is 6.23. The van der Waals surface area contributed by atoms with Crippen LogP contribution in [-0.2, 0) is 9.59 Å². The molecule has 3 fully saturated rings. The topological polar surface area (TPSA) is 131 Å². The van der Waals surface area contributed by atoms with Crippen LogP contribution in [0.4, 0.5) is 11.5 Å². The molecule has 0 aliphatic carbocycles. The first kappa shape index (κ1) is 22.7. The number of benzene rings is 1. The Kier molecular flexibility index (Phi) is 5.71. The van der Waals surface area contributed by atoms with Gasteiger partial charge in [0, 0.05) is 69.1 Å². The van der Waals surface area contributed by atoms with Gasteiger partial charge in [-0.05, 0) is 37.5 Å². The predicted octanol–water partition coefficient (Wildman–Crippen LogP) is 0.605. The third-order valence-corrected chi connectivity index (χ3v) is 7.67. The summed E-state index contributed by atoms with van der Waals surface area (Å²) >= 11 is 0. The minimum atomic E-state index is -0.955. The lowest BCUT2D eigenvalue weighted by Gasteiger charge is -2.34. The minimum absolute atomic E-state index is 0.105. The van der Waals surface area contributed by atoms with Gasteiger partial charge < -0.3 is 15.1 Å². The molecule has 0 spiro atoms. The molecule has 36 heavy (non-hydrogen) atoms. The van der Waals surface area contributed by atoms with Crippen molar-refractivity contribution in [3.05, 3.63) is 41.1 Å². The molecule has 1 aromatic carbocycles. The summed E-state index contributed by atoms with van der Waals surface area (Å²) in [7, 11) is 0. The monoisotopic (exact) mass is 491 g/mol. The van der Waals surface area contributed by atoms with Crippen molar-refractivity contribution in [3.63, 3.8) is 0 Å². The van der Waals surface area contributed by atoms with Gasteiger partial charge in [0.2, 0.25) is 11.8 Å². The maximum absolute atomic E-state index is 13.2. The van der Waals surface area contributed by atoms with Crippen molar-refractivity contribution in [1.82, 2.24) is 25.7 Å². The lowest BCUT2D eigenvalue weighted by molar-refractivity contribution is -0.136. The molecule has 188 valence electrons. The van der Waals surface area contributed by atoms with Crippen LogP contribution in [0.1, 0.15) is 58.0 Å². The first-order valence-corrected chi connectivity index (χ1v) is 12.6. The number of fused-ring (bicyclic) bond motifs is 1. The number of carbonyl (C=O) groups is 4. The molecule has 3 saturated heterocycles. The van der Waals surface area contributed by atoms with Crippen LogP contribution in [-0.4, -0.2) is 84.0 Å². The van der Waals surface area contributed by atoms with E-state index in [2.05, 4.69) is 36.7 Å². The van der Waals surface area contributed by atoms with Crippen LogP contribution in [0.25, 0.3) is 0 Å². The number of imide groups is 2. The van der Waals surface area contributed by atoms with Gasteiger partial charge >= 0.3 is 0 Å². The fourth-order valence-corrected chi connectivity index (χ4v) is 5.71. The van der Waals surface area contributed by atoms with E-state index in [1.54, 1.807) is 12.1 Å². The van der Waals surface area contributed by atoms with Gasteiger partial charge in [0.1, 0.15) is 6.04 Å². The number of anilines is 2. The molecule has 1 aromatic heterocycles. The van der Waals surface area contributed by atoms with E-state index >= 15 is 0 Å². The van der Waals surface area contributed by atoms with E-state index in [9.17, 15) is 19.2 Å². The van der Waals surface area contributed by atoms with E-state index in [0.29, 0.717) is 11.1 Å². The summed E-state index contributed by atoms with van der Waals surface area (Å²) in [5.41, 5.74) is 2.61. The van der Waals surface area contributed by atoms with Crippen molar-refractivity contribution in [3.8, 4) is 0 Å². The standard InChI is InChI=1S/C25H29N7O4/c33-22-6-5-20(23(34)27-22)32-24(35)17-4-3-16(12-18(17)25(32)36)31-9-1-2-15(14-31)19-13-21(29-28-19)30-10-7-26-8-11-30/h3-4,12-13,15,20,26H,1-2,5-11,14H2,(H,28,29)(H,27,33,34). The first-order chi connectivity index (χ1) is 17.5. The van der Waals surface area contributed by atoms with Crippen molar-refractivity contribution in [2.24, 2.45) is 0 Å². The zero-order valence-electron chi connectivity index (χ0n) is 20.0. The number of nitrogens with one attached hydrogen (secondary N) is 3. The second-order valence-electron chi connectivity index (χ2n) is 9.88. The summed E-state index contributed by atoms with van der Waals surface area (Å²) in [5, 5.41) is 13.4. The smallest absolute Gasteiger partial charge is 0.262 e. The van der Waals surface area contributed by atoms with Crippen LogP contribution < -0.4 is 20.4 Å². The Balaban J connectivity index is 1.19. The molecule has 4 aliphatic heterocycles. The molecule has 2 unspecified atom stereocenters. The summed E-state index contributed by atoms with van der Waals surface area (Å²) in [6, 6.07) is 6.52. The van der Waals surface area contributed by atoms with E-state index in [-0.39, 0.29) is 24.7 Å². The van der Waals surface area contributed by atoms with Crippen molar-refractivity contribution in [2.45, 2.75) is 37.6 Å². The average molecular weight is 492 g/mol. The van der Waals surface area contributed by atoms with Gasteiger partial charge in [-0.1, -0.05) is 0 Å². The highest BCUT2D eigenvalue weighted by atomic mass is 16.2. The fourth-order valence-electron chi connectivity index (χ4n) is 5.71. The summed E-state index contributed by atoms with van der Waals surface area (Å²) in [5.74, 6) is -0.668. The first-order valence-electron chi connectivity index (χ1n) is 12.6. The molecule has 5 heterocycles. The quantitative estimate of drug-likeness (QED) is 0.530. The van der Waals surface area contributed by atoms with Gasteiger partial charge in [0.15, 0.2) is 5.82 Å². The second-order valence-corrected chi connectivity index (χ2v) is 9.88. The highest BCUT2D eigenvalue weighted by Gasteiger charge is 2.44. The normalized spacial score (nSPS) is 24.8. The summed E-state index contributed by atoms with van der Waals surface area (Å²) < 4.78 is 0. The molecule has 0 radical (unpaired) electrons. The summed E-state index contributed by atoms with van der Waals surface area (Å²) in [6.07, 6.45) is 2.30. The number of piperazine rings is 1. The zero-order valence-corrected chi connectivity index (χ0v) is 20.0. The molecular formula is C25H29N7O4. The molecule has 0 saturated carbocycles. The molecular weight excluding hydrogens is 462 g/mol. The van der Waals surface area contributed by atoms with E-state index in [1.807, 2.05) is 6.07 Å².